The summed E-state index contributed by atoms with van der Waals surface area (Å²) in [4.78, 5) is 10.4. The first-order chi connectivity index (χ1) is 4.16. The number of aliphatic hydroxyl groups excluding tert-OH is 1. The zero-order chi connectivity index (χ0) is 7.28. The molecule has 0 fully saturated rings. The summed E-state index contributed by atoms with van der Waals surface area (Å²) in [7, 11) is 0. The Balaban J connectivity index is 3.27. The number of carbonyl (C=O) groups excluding carboxylic acids is 1. The number of hydrogen-bond donors (Lipinski definition) is 2. The summed E-state index contributed by atoms with van der Waals surface area (Å²) >= 11 is 0. The van der Waals surface area contributed by atoms with Crippen molar-refractivity contribution < 1.29 is 14.6 Å². The molecule has 0 aliphatic carbocycles. The topological polar surface area (TPSA) is 58.6 Å². The molecule has 0 radical (unpaired) electrons. The van der Waals surface area contributed by atoms with Gasteiger partial charge in [-0.1, -0.05) is 0 Å². The van der Waals surface area contributed by atoms with Crippen molar-refractivity contribution in [3.8, 4) is 0 Å². The Bertz CT molecular complexity index is 92.2. The normalized spacial score (nSPS) is 12.3. The molecule has 0 aromatic heterocycles. The molecule has 0 spiro atoms. The van der Waals surface area contributed by atoms with Gasteiger partial charge in [0, 0.05) is 6.54 Å². The van der Waals surface area contributed by atoms with Gasteiger partial charge in [-0.25, -0.2) is 4.79 Å². The van der Waals surface area contributed by atoms with Crippen LogP contribution >= 0.6 is 0 Å². The van der Waals surface area contributed by atoms with Gasteiger partial charge in [0.2, 0.25) is 0 Å². The first kappa shape index (κ1) is 8.23. The number of nitrogens with one attached hydrogen (secondary N) is 1. The number of carbonyl (C=O) groups is 1. The van der Waals surface area contributed by atoms with Crippen LogP contribution in [-0.2, 0) is 4.74 Å². The van der Waals surface area contributed by atoms with Crippen LogP contribution in [0.25, 0.3) is 0 Å². The van der Waals surface area contributed by atoms with Gasteiger partial charge in [0.1, 0.15) is 0 Å². The van der Waals surface area contributed by atoms with Crippen molar-refractivity contribution in [3.63, 3.8) is 0 Å². The lowest BCUT2D eigenvalue weighted by Gasteiger charge is -2.05. The molecular weight excluding hydrogens is 122 g/mol. The van der Waals surface area contributed by atoms with Crippen molar-refractivity contribution in [3.05, 3.63) is 0 Å². The summed E-state index contributed by atoms with van der Waals surface area (Å²) < 4.78 is 4.30. The Morgan fingerprint density at radius 3 is 2.78 bits per heavy atom. The first-order valence-corrected chi connectivity index (χ1v) is 2.79. The van der Waals surface area contributed by atoms with E-state index in [9.17, 15) is 4.79 Å². The van der Waals surface area contributed by atoms with Crippen LogP contribution in [0.4, 0.5) is 4.79 Å². The molecule has 9 heavy (non-hydrogen) atoms. The van der Waals surface area contributed by atoms with Crippen LogP contribution in [0.15, 0.2) is 0 Å². The number of rotatable bonds is 2. The molecule has 0 aliphatic heterocycles. The van der Waals surface area contributed by atoms with E-state index in [1.807, 2.05) is 0 Å². The second-order valence-corrected chi connectivity index (χ2v) is 1.53. The fraction of sp³-hybridized carbons (Fsp3) is 0.800. The van der Waals surface area contributed by atoms with E-state index in [0.29, 0.717) is 6.54 Å². The molecular formula is C5H11NO3. The highest BCUT2D eigenvalue weighted by Crippen LogP contribution is 1.83. The predicted molar refractivity (Wildman–Crippen MR) is 31.8 cm³/mol. The maximum atomic E-state index is 10.4. The molecule has 0 aromatic carbocycles. The molecule has 0 saturated carbocycles. The van der Waals surface area contributed by atoms with Gasteiger partial charge in [0.15, 0.2) is 6.29 Å². The lowest BCUT2D eigenvalue weighted by molar-refractivity contribution is -0.0369. The van der Waals surface area contributed by atoms with Crippen LogP contribution < -0.4 is 5.32 Å². The van der Waals surface area contributed by atoms with E-state index in [1.54, 1.807) is 6.92 Å². The van der Waals surface area contributed by atoms with Crippen LogP contribution in [0, 0.1) is 0 Å². The van der Waals surface area contributed by atoms with E-state index >= 15 is 0 Å². The van der Waals surface area contributed by atoms with Crippen molar-refractivity contribution in [1.29, 1.82) is 0 Å². The molecule has 0 rings (SSSR count). The predicted octanol–water partition coefficient (Wildman–Crippen LogP) is 0.0708. The third-order valence-electron chi connectivity index (χ3n) is 0.599. The Morgan fingerprint density at radius 1 is 1.89 bits per heavy atom. The second kappa shape index (κ2) is 4.14. The number of aliphatic hydroxyl groups is 1. The summed E-state index contributed by atoms with van der Waals surface area (Å²) in [5, 5.41) is 10.8. The third kappa shape index (κ3) is 5.10. The molecule has 4 nitrogen and oxygen atoms in total. The fourth-order valence-electron chi connectivity index (χ4n) is 0.341. The Morgan fingerprint density at radius 2 is 2.44 bits per heavy atom. The van der Waals surface area contributed by atoms with Crippen molar-refractivity contribution in [2.75, 3.05) is 6.54 Å². The molecule has 0 aromatic rings. The van der Waals surface area contributed by atoms with E-state index in [1.165, 1.54) is 6.92 Å². The highest BCUT2D eigenvalue weighted by Gasteiger charge is 2.01. The Labute approximate surface area is 53.8 Å². The van der Waals surface area contributed by atoms with Crippen molar-refractivity contribution in [2.45, 2.75) is 20.1 Å². The van der Waals surface area contributed by atoms with Crippen molar-refractivity contribution >= 4 is 6.09 Å². The third-order valence-corrected chi connectivity index (χ3v) is 0.599. The minimum absolute atomic E-state index is 0.506. The van der Waals surface area contributed by atoms with E-state index < -0.39 is 12.4 Å². The quantitative estimate of drug-likeness (QED) is 0.524. The highest BCUT2D eigenvalue weighted by atomic mass is 16.6. The fourth-order valence-corrected chi connectivity index (χ4v) is 0.341. The van der Waals surface area contributed by atoms with E-state index in [-0.39, 0.29) is 0 Å². The van der Waals surface area contributed by atoms with Crippen LogP contribution in [-0.4, -0.2) is 24.0 Å². The molecule has 1 amide bonds. The second-order valence-electron chi connectivity index (χ2n) is 1.53. The van der Waals surface area contributed by atoms with Crippen LogP contribution in [0.3, 0.4) is 0 Å². The van der Waals surface area contributed by atoms with Crippen molar-refractivity contribution in [1.82, 2.24) is 5.32 Å². The summed E-state index contributed by atoms with van der Waals surface area (Å²) in [6, 6.07) is 0. The summed E-state index contributed by atoms with van der Waals surface area (Å²) in [5.74, 6) is 0. The molecule has 2 N–H and O–H groups in total. The standard InChI is InChI=1S/C5H11NO3/c1-3-6-5(8)9-4(2)7/h4,7H,3H2,1-2H3,(H,6,8). The van der Waals surface area contributed by atoms with Crippen molar-refractivity contribution in [2.24, 2.45) is 0 Å². The van der Waals surface area contributed by atoms with Gasteiger partial charge in [-0.3, -0.25) is 0 Å². The van der Waals surface area contributed by atoms with Crippen LogP contribution in [0.5, 0.6) is 0 Å². The van der Waals surface area contributed by atoms with Crippen LogP contribution in [0.2, 0.25) is 0 Å². The average Bonchev–Trinajstić information content (AvgIpc) is 1.63. The van der Waals surface area contributed by atoms with Crippen LogP contribution in [0.1, 0.15) is 13.8 Å². The number of hydrogen-bond acceptors (Lipinski definition) is 3. The highest BCUT2D eigenvalue weighted by molar-refractivity contribution is 5.67. The number of amides is 1. The molecule has 0 heterocycles. The Kier molecular flexibility index (Phi) is 3.79. The smallest absolute Gasteiger partial charge is 0.409 e. The minimum Gasteiger partial charge on any atom is -0.420 e. The molecule has 4 heteroatoms. The number of ether oxygens (including phenoxy) is 1. The van der Waals surface area contributed by atoms with Gasteiger partial charge >= 0.3 is 6.09 Å². The Hall–Kier alpha value is -0.770. The summed E-state index contributed by atoms with van der Waals surface area (Å²) in [6.07, 6.45) is -1.62. The van der Waals surface area contributed by atoms with E-state index in [4.69, 9.17) is 5.11 Å². The van der Waals surface area contributed by atoms with Gasteiger partial charge in [-0.15, -0.1) is 0 Å². The molecule has 0 saturated heterocycles. The van der Waals surface area contributed by atoms with E-state index in [2.05, 4.69) is 10.1 Å². The molecule has 0 aliphatic rings. The SMILES string of the molecule is CCNC(=O)OC(C)O. The average molecular weight is 133 g/mol. The molecule has 1 unspecified atom stereocenters. The minimum atomic E-state index is -1.03. The van der Waals surface area contributed by atoms with Gasteiger partial charge in [0.25, 0.3) is 0 Å². The van der Waals surface area contributed by atoms with Gasteiger partial charge in [0.05, 0.1) is 0 Å². The van der Waals surface area contributed by atoms with Gasteiger partial charge in [-0.2, -0.15) is 0 Å². The maximum absolute atomic E-state index is 10.4. The zero-order valence-electron chi connectivity index (χ0n) is 5.55. The lowest BCUT2D eigenvalue weighted by atomic mass is 10.7. The molecule has 1 atom stereocenters. The van der Waals surface area contributed by atoms with E-state index in [0.717, 1.165) is 0 Å². The first-order valence-electron chi connectivity index (χ1n) is 2.79. The largest absolute Gasteiger partial charge is 0.420 e. The van der Waals surface area contributed by atoms with Gasteiger partial charge < -0.3 is 15.2 Å². The molecule has 54 valence electrons. The monoisotopic (exact) mass is 133 g/mol. The van der Waals surface area contributed by atoms with Gasteiger partial charge in [-0.05, 0) is 13.8 Å². The maximum Gasteiger partial charge on any atom is 0.409 e. The summed E-state index contributed by atoms with van der Waals surface area (Å²) in [5.41, 5.74) is 0. The number of alkyl carbamates (subject to hydrolysis) is 1. The summed E-state index contributed by atoms with van der Waals surface area (Å²) in [6.45, 7) is 3.64. The molecule has 0 bridgehead atoms. The zero-order valence-corrected chi connectivity index (χ0v) is 5.55. The lowest BCUT2D eigenvalue weighted by Crippen LogP contribution is -2.27.